The third-order valence-electron chi connectivity index (χ3n) is 6.21. The number of carbonyl (C=O) groups excluding carboxylic acids is 1. The van der Waals surface area contributed by atoms with Crippen molar-refractivity contribution in [2.75, 3.05) is 19.0 Å². The molecule has 0 radical (unpaired) electrons. The summed E-state index contributed by atoms with van der Waals surface area (Å²) in [5, 5.41) is 17.4. The van der Waals surface area contributed by atoms with E-state index in [0.29, 0.717) is 11.7 Å². The highest BCUT2D eigenvalue weighted by atomic mass is 19.4. The van der Waals surface area contributed by atoms with Crippen LogP contribution in [0, 0.1) is 12.8 Å². The van der Waals surface area contributed by atoms with Gasteiger partial charge in [0.25, 0.3) is 5.91 Å². The van der Waals surface area contributed by atoms with Gasteiger partial charge in [-0.1, -0.05) is 0 Å². The molecule has 2 aromatic heterocycles. The fourth-order valence-electron chi connectivity index (χ4n) is 4.43. The molecule has 7 nitrogen and oxygen atoms in total. The van der Waals surface area contributed by atoms with Crippen molar-refractivity contribution >= 4 is 22.5 Å². The number of nitrogens with zero attached hydrogens (tertiary/aromatic N) is 3. The fourth-order valence-corrected chi connectivity index (χ4v) is 4.43. The molecule has 1 saturated carbocycles. The smallest absolute Gasteiger partial charge is 0.418 e. The molecule has 2 N–H and O–H groups in total. The molecule has 0 saturated heterocycles. The molecule has 2 heterocycles. The number of ether oxygens (including phenoxy) is 1. The summed E-state index contributed by atoms with van der Waals surface area (Å²) >= 11 is 0. The second kappa shape index (κ2) is 9.01. The van der Waals surface area contributed by atoms with E-state index in [1.807, 2.05) is 11.6 Å². The predicted octanol–water partition coefficient (Wildman–Crippen LogP) is 4.74. The number of aliphatic hydroxyl groups is 1. The van der Waals surface area contributed by atoms with E-state index >= 15 is 0 Å². The number of pyridine rings is 1. The van der Waals surface area contributed by atoms with Crippen LogP contribution in [-0.2, 0) is 6.18 Å². The number of rotatable bonds is 5. The first-order valence-corrected chi connectivity index (χ1v) is 10.7. The standard InChI is InChI=1S/C23H25F3N4O3/c1-13-16-10-18(28-22(32)21-17(23(24,25)26)4-3-9-27-21)20(33-2)11-19(16)30(29-13)15-7-5-14(12-31)6-8-15/h3-4,9-11,14-15,31H,5-8,12H2,1-2H3,(H,28,32). The molecule has 0 atom stereocenters. The molecule has 176 valence electrons. The Morgan fingerprint density at radius 1 is 1.27 bits per heavy atom. The number of nitrogens with one attached hydrogen (secondary N) is 1. The molecular formula is C23H25F3N4O3. The van der Waals surface area contributed by atoms with Crippen LogP contribution in [0.3, 0.4) is 0 Å². The maximum absolute atomic E-state index is 13.3. The lowest BCUT2D eigenvalue weighted by Crippen LogP contribution is -2.21. The van der Waals surface area contributed by atoms with E-state index in [-0.39, 0.29) is 18.3 Å². The van der Waals surface area contributed by atoms with Gasteiger partial charge in [0.1, 0.15) is 11.4 Å². The second-order valence-corrected chi connectivity index (χ2v) is 8.31. The van der Waals surface area contributed by atoms with Crippen LogP contribution >= 0.6 is 0 Å². The van der Waals surface area contributed by atoms with Crippen molar-refractivity contribution in [3.05, 3.63) is 47.4 Å². The summed E-state index contributed by atoms with van der Waals surface area (Å²) in [6.45, 7) is 2.03. The quantitative estimate of drug-likeness (QED) is 0.572. The van der Waals surface area contributed by atoms with Gasteiger partial charge in [-0.05, 0) is 56.7 Å². The van der Waals surface area contributed by atoms with Gasteiger partial charge in [-0.2, -0.15) is 18.3 Å². The van der Waals surface area contributed by atoms with Gasteiger partial charge in [0.05, 0.1) is 35.6 Å². The van der Waals surface area contributed by atoms with E-state index in [9.17, 15) is 23.1 Å². The normalized spacial score (nSPS) is 19.0. The van der Waals surface area contributed by atoms with Crippen LogP contribution in [0.5, 0.6) is 5.75 Å². The minimum atomic E-state index is -4.71. The molecule has 1 amide bonds. The number of hydrogen-bond donors (Lipinski definition) is 2. The summed E-state index contributed by atoms with van der Waals surface area (Å²) in [5.41, 5.74) is -0.0180. The zero-order valence-corrected chi connectivity index (χ0v) is 18.3. The summed E-state index contributed by atoms with van der Waals surface area (Å²) in [7, 11) is 1.43. The number of methoxy groups -OCH3 is 1. The van der Waals surface area contributed by atoms with Crippen LogP contribution in [0.2, 0.25) is 0 Å². The molecule has 0 bridgehead atoms. The average molecular weight is 462 g/mol. The number of halogens is 3. The van der Waals surface area contributed by atoms with Crippen molar-refractivity contribution in [1.29, 1.82) is 0 Å². The fraction of sp³-hybridized carbons (Fsp3) is 0.435. The topological polar surface area (TPSA) is 89.3 Å². The molecule has 1 aromatic carbocycles. The van der Waals surface area contributed by atoms with Crippen molar-refractivity contribution in [3.8, 4) is 5.75 Å². The van der Waals surface area contributed by atoms with E-state index in [2.05, 4.69) is 15.4 Å². The van der Waals surface area contributed by atoms with Gasteiger partial charge in [-0.3, -0.25) is 14.5 Å². The highest BCUT2D eigenvalue weighted by Gasteiger charge is 2.36. The molecule has 1 fully saturated rings. The highest BCUT2D eigenvalue weighted by Crippen LogP contribution is 2.38. The van der Waals surface area contributed by atoms with Gasteiger partial charge < -0.3 is 15.2 Å². The van der Waals surface area contributed by atoms with Crippen LogP contribution < -0.4 is 10.1 Å². The third kappa shape index (κ3) is 4.52. The van der Waals surface area contributed by atoms with E-state index in [4.69, 9.17) is 4.74 Å². The first-order chi connectivity index (χ1) is 15.7. The molecule has 1 aliphatic rings. The van der Waals surface area contributed by atoms with Gasteiger partial charge in [-0.15, -0.1) is 0 Å². The Hall–Kier alpha value is -3.14. The van der Waals surface area contributed by atoms with Crippen molar-refractivity contribution < 1.29 is 27.8 Å². The number of carbonyl (C=O) groups is 1. The summed E-state index contributed by atoms with van der Waals surface area (Å²) in [4.78, 5) is 16.4. The Labute approximate surface area is 188 Å². The number of aryl methyl sites for hydroxylation is 1. The zero-order valence-electron chi connectivity index (χ0n) is 18.3. The number of benzene rings is 1. The SMILES string of the molecule is COc1cc2c(cc1NC(=O)c1ncccc1C(F)(F)F)c(C)nn2C1CCC(CO)CC1. The summed E-state index contributed by atoms with van der Waals surface area (Å²) in [5.74, 6) is -0.354. The van der Waals surface area contributed by atoms with Crippen molar-refractivity contribution in [3.63, 3.8) is 0 Å². The average Bonchev–Trinajstić information content (AvgIpc) is 3.13. The van der Waals surface area contributed by atoms with Gasteiger partial charge in [0.15, 0.2) is 0 Å². The number of aliphatic hydroxyl groups excluding tert-OH is 1. The maximum Gasteiger partial charge on any atom is 0.418 e. The van der Waals surface area contributed by atoms with Crippen LogP contribution in [0.4, 0.5) is 18.9 Å². The predicted molar refractivity (Wildman–Crippen MR) is 116 cm³/mol. The van der Waals surface area contributed by atoms with Crippen molar-refractivity contribution in [2.45, 2.75) is 44.8 Å². The number of amides is 1. The first kappa shape index (κ1) is 23.0. The van der Waals surface area contributed by atoms with Crippen LogP contribution in [0.15, 0.2) is 30.5 Å². The Morgan fingerprint density at radius 3 is 2.64 bits per heavy atom. The van der Waals surface area contributed by atoms with E-state index < -0.39 is 23.3 Å². The lowest BCUT2D eigenvalue weighted by molar-refractivity contribution is -0.138. The first-order valence-electron chi connectivity index (χ1n) is 10.7. The Morgan fingerprint density at radius 2 is 2.00 bits per heavy atom. The molecular weight excluding hydrogens is 437 g/mol. The Bertz CT molecular complexity index is 1170. The van der Waals surface area contributed by atoms with Crippen LogP contribution in [0.1, 0.15) is 53.5 Å². The van der Waals surface area contributed by atoms with E-state index in [0.717, 1.165) is 60.6 Å². The lowest BCUT2D eigenvalue weighted by Gasteiger charge is -2.28. The highest BCUT2D eigenvalue weighted by molar-refractivity contribution is 6.06. The van der Waals surface area contributed by atoms with Gasteiger partial charge in [0.2, 0.25) is 0 Å². The van der Waals surface area contributed by atoms with Crippen LogP contribution in [0.25, 0.3) is 10.9 Å². The van der Waals surface area contributed by atoms with Crippen LogP contribution in [-0.4, -0.2) is 39.5 Å². The van der Waals surface area contributed by atoms with Crippen molar-refractivity contribution in [2.24, 2.45) is 5.92 Å². The number of hydrogen-bond acceptors (Lipinski definition) is 5. The number of alkyl halides is 3. The zero-order chi connectivity index (χ0) is 23.8. The monoisotopic (exact) mass is 462 g/mol. The molecule has 0 spiro atoms. The van der Waals surface area contributed by atoms with Gasteiger partial charge >= 0.3 is 6.18 Å². The largest absolute Gasteiger partial charge is 0.494 e. The minimum absolute atomic E-state index is 0.178. The minimum Gasteiger partial charge on any atom is -0.494 e. The summed E-state index contributed by atoms with van der Waals surface area (Å²) < 4.78 is 47.3. The van der Waals surface area contributed by atoms with Crippen molar-refractivity contribution in [1.82, 2.24) is 14.8 Å². The molecule has 33 heavy (non-hydrogen) atoms. The Balaban J connectivity index is 1.68. The molecule has 4 rings (SSSR count). The number of fused-ring (bicyclic) bond motifs is 1. The maximum atomic E-state index is 13.3. The summed E-state index contributed by atoms with van der Waals surface area (Å²) in [6, 6.07) is 5.55. The van der Waals surface area contributed by atoms with Gasteiger partial charge in [0, 0.05) is 24.3 Å². The van der Waals surface area contributed by atoms with Gasteiger partial charge in [-0.25, -0.2) is 0 Å². The molecule has 0 unspecified atom stereocenters. The van der Waals surface area contributed by atoms with E-state index in [1.165, 1.54) is 7.11 Å². The lowest BCUT2D eigenvalue weighted by atomic mass is 9.86. The second-order valence-electron chi connectivity index (χ2n) is 8.31. The number of anilines is 1. The summed E-state index contributed by atoms with van der Waals surface area (Å²) in [6.07, 6.45) is 0.0488. The third-order valence-corrected chi connectivity index (χ3v) is 6.21. The van der Waals surface area contributed by atoms with E-state index in [1.54, 1.807) is 12.1 Å². The molecule has 0 aliphatic heterocycles. The molecule has 3 aromatic rings. The molecule has 1 aliphatic carbocycles. The molecule has 10 heteroatoms. The number of aromatic nitrogens is 3. The Kier molecular flexibility index (Phi) is 6.29.